The minimum Gasteiger partial charge on any atom is -0.301 e. The van der Waals surface area contributed by atoms with Crippen molar-refractivity contribution in [2.45, 2.75) is 26.8 Å². The summed E-state index contributed by atoms with van der Waals surface area (Å²) in [6, 6.07) is 14.9. The van der Waals surface area contributed by atoms with Crippen molar-refractivity contribution in [2.75, 3.05) is 16.3 Å². The highest BCUT2D eigenvalue weighted by Gasteiger charge is 2.42. The summed E-state index contributed by atoms with van der Waals surface area (Å²) in [7, 11) is 0. The van der Waals surface area contributed by atoms with E-state index in [1.807, 2.05) is 80.1 Å². The van der Waals surface area contributed by atoms with Crippen LogP contribution in [0.25, 0.3) is 0 Å². The van der Waals surface area contributed by atoms with Gasteiger partial charge in [0.25, 0.3) is 5.91 Å². The summed E-state index contributed by atoms with van der Waals surface area (Å²) in [5, 5.41) is 3.89. The summed E-state index contributed by atoms with van der Waals surface area (Å²) in [4.78, 5) is 30.1. The molecule has 4 rings (SSSR count). The molecule has 0 aliphatic carbocycles. The Labute approximate surface area is 169 Å². The summed E-state index contributed by atoms with van der Waals surface area (Å²) in [5.74, 6) is -0.159. The Morgan fingerprint density at radius 3 is 2.39 bits per heavy atom. The second-order valence-corrected chi connectivity index (χ2v) is 7.98. The van der Waals surface area contributed by atoms with Gasteiger partial charge in [0.2, 0.25) is 5.91 Å². The van der Waals surface area contributed by atoms with Gasteiger partial charge in [-0.1, -0.05) is 29.8 Å². The van der Waals surface area contributed by atoms with E-state index in [0.29, 0.717) is 0 Å². The molecule has 1 aromatic heterocycles. The van der Waals surface area contributed by atoms with Crippen LogP contribution in [0.1, 0.15) is 28.3 Å². The standard InChI is InChI=1S/C23H22N2O2S/c1-15-7-9-19(10-8-15)25-21(26)13-24(20-6-4-5-16(2)17(20)3)23(27)22(25)18-11-12-28-14-18/h4-12,14,22H,13H2,1-3H3/t22-/m1/s1. The van der Waals surface area contributed by atoms with E-state index in [4.69, 9.17) is 0 Å². The van der Waals surface area contributed by atoms with Crippen LogP contribution in [0.3, 0.4) is 0 Å². The molecule has 0 spiro atoms. The first-order valence-electron chi connectivity index (χ1n) is 9.26. The van der Waals surface area contributed by atoms with Crippen molar-refractivity contribution in [2.24, 2.45) is 0 Å². The summed E-state index contributed by atoms with van der Waals surface area (Å²) in [5.41, 5.74) is 5.65. The van der Waals surface area contributed by atoms with Crippen LogP contribution in [0.15, 0.2) is 59.3 Å². The summed E-state index contributed by atoms with van der Waals surface area (Å²) in [6.07, 6.45) is 0. The van der Waals surface area contributed by atoms with Gasteiger partial charge in [0.05, 0.1) is 0 Å². The number of hydrogen-bond acceptors (Lipinski definition) is 3. The minimum atomic E-state index is -0.657. The fourth-order valence-corrected chi connectivity index (χ4v) is 4.32. The molecule has 4 nitrogen and oxygen atoms in total. The Hall–Kier alpha value is -2.92. The lowest BCUT2D eigenvalue weighted by Crippen LogP contribution is -2.56. The molecule has 3 aromatic rings. The molecule has 1 fully saturated rings. The number of piperazine rings is 1. The number of rotatable bonds is 3. The fraction of sp³-hybridized carbons (Fsp3) is 0.217. The molecule has 0 radical (unpaired) electrons. The number of carbonyl (C=O) groups is 2. The smallest absolute Gasteiger partial charge is 0.255 e. The van der Waals surface area contributed by atoms with E-state index in [1.165, 1.54) is 11.3 Å². The molecule has 2 amide bonds. The van der Waals surface area contributed by atoms with Gasteiger partial charge in [-0.25, -0.2) is 0 Å². The molecule has 0 saturated carbocycles. The highest BCUT2D eigenvalue weighted by Crippen LogP contribution is 2.36. The Morgan fingerprint density at radius 1 is 0.964 bits per heavy atom. The molecule has 0 bridgehead atoms. The van der Waals surface area contributed by atoms with Crippen molar-refractivity contribution < 1.29 is 9.59 Å². The summed E-state index contributed by atoms with van der Waals surface area (Å²) in [6.45, 7) is 6.06. The zero-order valence-corrected chi connectivity index (χ0v) is 17.0. The van der Waals surface area contributed by atoms with E-state index < -0.39 is 6.04 Å². The first-order valence-corrected chi connectivity index (χ1v) is 10.2. The molecule has 2 aromatic carbocycles. The number of hydrogen-bond donors (Lipinski definition) is 0. The first kappa shape index (κ1) is 18.4. The van der Waals surface area contributed by atoms with Gasteiger partial charge in [-0.15, -0.1) is 0 Å². The van der Waals surface area contributed by atoms with Crippen molar-refractivity contribution in [3.05, 3.63) is 81.5 Å². The highest BCUT2D eigenvalue weighted by molar-refractivity contribution is 7.08. The second-order valence-electron chi connectivity index (χ2n) is 7.20. The molecular formula is C23H22N2O2S. The monoisotopic (exact) mass is 390 g/mol. The Bertz CT molecular complexity index is 1030. The number of aryl methyl sites for hydroxylation is 2. The van der Waals surface area contributed by atoms with Crippen molar-refractivity contribution in [3.8, 4) is 0 Å². The molecule has 1 aliphatic rings. The SMILES string of the molecule is Cc1ccc(N2C(=O)CN(c3cccc(C)c3C)C(=O)[C@H]2c2ccsc2)cc1. The number of benzene rings is 2. The zero-order valence-electron chi connectivity index (χ0n) is 16.2. The van der Waals surface area contributed by atoms with Gasteiger partial charge in [-0.2, -0.15) is 11.3 Å². The van der Waals surface area contributed by atoms with Gasteiger partial charge in [0.1, 0.15) is 12.6 Å². The van der Waals surface area contributed by atoms with Gasteiger partial charge < -0.3 is 4.90 Å². The van der Waals surface area contributed by atoms with E-state index in [0.717, 1.165) is 33.6 Å². The van der Waals surface area contributed by atoms with E-state index in [2.05, 4.69) is 0 Å². The maximum absolute atomic E-state index is 13.6. The van der Waals surface area contributed by atoms with Crippen LogP contribution in [0.5, 0.6) is 0 Å². The lowest BCUT2D eigenvalue weighted by Gasteiger charge is -2.40. The van der Waals surface area contributed by atoms with Crippen LogP contribution in [-0.2, 0) is 9.59 Å². The van der Waals surface area contributed by atoms with Crippen LogP contribution in [0, 0.1) is 20.8 Å². The van der Waals surface area contributed by atoms with Crippen LogP contribution in [-0.4, -0.2) is 18.4 Å². The average molecular weight is 391 g/mol. The fourth-order valence-electron chi connectivity index (χ4n) is 3.64. The van der Waals surface area contributed by atoms with Gasteiger partial charge in [0, 0.05) is 11.4 Å². The molecule has 28 heavy (non-hydrogen) atoms. The minimum absolute atomic E-state index is 0.0393. The Kier molecular flexibility index (Phi) is 4.77. The average Bonchev–Trinajstić information content (AvgIpc) is 3.21. The number of amides is 2. The van der Waals surface area contributed by atoms with Crippen LogP contribution in [0.2, 0.25) is 0 Å². The van der Waals surface area contributed by atoms with Gasteiger partial charge >= 0.3 is 0 Å². The third-order valence-electron chi connectivity index (χ3n) is 5.36. The van der Waals surface area contributed by atoms with Gasteiger partial charge in [-0.3, -0.25) is 14.5 Å². The third kappa shape index (κ3) is 3.12. The van der Waals surface area contributed by atoms with Crippen molar-refractivity contribution >= 4 is 34.5 Å². The lowest BCUT2D eigenvalue weighted by molar-refractivity contribution is -0.128. The number of anilines is 2. The molecule has 5 heteroatoms. The number of carbonyl (C=O) groups excluding carboxylic acids is 2. The van der Waals surface area contributed by atoms with E-state index in [1.54, 1.807) is 9.80 Å². The van der Waals surface area contributed by atoms with E-state index >= 15 is 0 Å². The van der Waals surface area contributed by atoms with E-state index in [9.17, 15) is 9.59 Å². The van der Waals surface area contributed by atoms with Crippen LogP contribution in [0.4, 0.5) is 11.4 Å². The maximum Gasteiger partial charge on any atom is 0.255 e. The number of nitrogens with zero attached hydrogens (tertiary/aromatic N) is 2. The molecule has 1 aliphatic heterocycles. The van der Waals surface area contributed by atoms with Crippen molar-refractivity contribution in [1.29, 1.82) is 0 Å². The Balaban J connectivity index is 1.81. The van der Waals surface area contributed by atoms with Crippen molar-refractivity contribution in [1.82, 2.24) is 0 Å². The molecule has 1 atom stereocenters. The molecule has 2 heterocycles. The van der Waals surface area contributed by atoms with Crippen molar-refractivity contribution in [3.63, 3.8) is 0 Å². The highest BCUT2D eigenvalue weighted by atomic mass is 32.1. The molecule has 0 N–H and O–H groups in total. The maximum atomic E-state index is 13.6. The molecule has 1 saturated heterocycles. The zero-order chi connectivity index (χ0) is 19.8. The van der Waals surface area contributed by atoms with Gasteiger partial charge in [0.15, 0.2) is 0 Å². The van der Waals surface area contributed by atoms with Crippen LogP contribution < -0.4 is 9.80 Å². The first-order chi connectivity index (χ1) is 13.5. The Morgan fingerprint density at radius 2 is 1.71 bits per heavy atom. The lowest BCUT2D eigenvalue weighted by atomic mass is 10.00. The van der Waals surface area contributed by atoms with E-state index in [-0.39, 0.29) is 18.4 Å². The molecule has 0 unspecified atom stereocenters. The van der Waals surface area contributed by atoms with Crippen LogP contribution >= 0.6 is 11.3 Å². The summed E-state index contributed by atoms with van der Waals surface area (Å²) < 4.78 is 0. The second kappa shape index (κ2) is 7.24. The number of thiophene rings is 1. The third-order valence-corrected chi connectivity index (χ3v) is 6.06. The summed E-state index contributed by atoms with van der Waals surface area (Å²) >= 11 is 1.53. The molecular weight excluding hydrogens is 368 g/mol. The predicted octanol–water partition coefficient (Wildman–Crippen LogP) is 4.79. The van der Waals surface area contributed by atoms with Gasteiger partial charge in [-0.05, 0) is 72.5 Å². The quantitative estimate of drug-likeness (QED) is 0.645. The normalized spacial score (nSPS) is 17.3. The topological polar surface area (TPSA) is 40.6 Å². The largest absolute Gasteiger partial charge is 0.301 e. The predicted molar refractivity (Wildman–Crippen MR) is 114 cm³/mol. The molecule has 142 valence electrons.